The average Bonchev–Trinajstić information content (AvgIpc) is 3.51. The SMILES string of the molecule is NC(=O)[C@H](NC(=O)C1CC1)C(=O)Nc1ccc(N2CCOCC2=O)c(C(F)F)c1. The fourth-order valence-electron chi connectivity index (χ4n) is 2.91. The number of halogens is 2. The molecule has 29 heavy (non-hydrogen) atoms. The first-order valence-electron chi connectivity index (χ1n) is 8.98. The molecule has 1 aliphatic heterocycles. The molecule has 156 valence electrons. The van der Waals surface area contributed by atoms with Gasteiger partial charge in [-0.3, -0.25) is 19.2 Å². The van der Waals surface area contributed by atoms with Crippen LogP contribution in [-0.4, -0.2) is 49.4 Å². The van der Waals surface area contributed by atoms with Crippen LogP contribution in [-0.2, 0) is 23.9 Å². The molecule has 4 amide bonds. The lowest BCUT2D eigenvalue weighted by Gasteiger charge is -2.29. The molecule has 0 unspecified atom stereocenters. The number of amides is 4. The Hall–Kier alpha value is -3.08. The minimum absolute atomic E-state index is 0.0137. The molecule has 4 N–H and O–H groups in total. The van der Waals surface area contributed by atoms with Gasteiger partial charge in [-0.2, -0.15) is 0 Å². The monoisotopic (exact) mass is 410 g/mol. The van der Waals surface area contributed by atoms with Gasteiger partial charge >= 0.3 is 0 Å². The minimum atomic E-state index is -2.92. The first-order chi connectivity index (χ1) is 13.8. The van der Waals surface area contributed by atoms with E-state index in [1.54, 1.807) is 0 Å². The van der Waals surface area contributed by atoms with Crippen molar-refractivity contribution < 1.29 is 32.7 Å². The van der Waals surface area contributed by atoms with Gasteiger partial charge in [-0.05, 0) is 31.0 Å². The first-order valence-corrected chi connectivity index (χ1v) is 8.98. The third-order valence-corrected chi connectivity index (χ3v) is 4.59. The highest BCUT2D eigenvalue weighted by Crippen LogP contribution is 2.33. The number of anilines is 2. The Labute approximate surface area is 164 Å². The quantitative estimate of drug-likeness (QED) is 0.557. The van der Waals surface area contributed by atoms with E-state index < -0.39 is 41.7 Å². The smallest absolute Gasteiger partial charge is 0.265 e. The molecule has 9 nitrogen and oxygen atoms in total. The van der Waals surface area contributed by atoms with Crippen LogP contribution < -0.4 is 21.3 Å². The van der Waals surface area contributed by atoms with E-state index in [1.807, 2.05) is 0 Å². The van der Waals surface area contributed by atoms with Crippen molar-refractivity contribution in [2.45, 2.75) is 25.3 Å². The summed E-state index contributed by atoms with van der Waals surface area (Å²) in [5, 5.41) is 4.57. The van der Waals surface area contributed by atoms with Crippen molar-refractivity contribution >= 4 is 35.0 Å². The van der Waals surface area contributed by atoms with E-state index in [4.69, 9.17) is 10.5 Å². The van der Waals surface area contributed by atoms with Gasteiger partial charge in [0.15, 0.2) is 6.04 Å². The molecule has 0 bridgehead atoms. The maximum atomic E-state index is 13.6. The Morgan fingerprint density at radius 1 is 1.24 bits per heavy atom. The second-order valence-electron chi connectivity index (χ2n) is 6.78. The van der Waals surface area contributed by atoms with Crippen LogP contribution in [0, 0.1) is 5.92 Å². The van der Waals surface area contributed by atoms with E-state index in [2.05, 4.69) is 10.6 Å². The predicted octanol–water partition coefficient (Wildman–Crippen LogP) is 0.306. The molecule has 1 aliphatic carbocycles. The van der Waals surface area contributed by atoms with Crippen LogP contribution >= 0.6 is 0 Å². The fourth-order valence-corrected chi connectivity index (χ4v) is 2.91. The van der Waals surface area contributed by atoms with Gasteiger partial charge in [-0.1, -0.05) is 0 Å². The van der Waals surface area contributed by atoms with Gasteiger partial charge in [0, 0.05) is 23.7 Å². The summed E-state index contributed by atoms with van der Waals surface area (Å²) in [5.41, 5.74) is 4.71. The number of alkyl halides is 2. The van der Waals surface area contributed by atoms with E-state index in [0.29, 0.717) is 12.8 Å². The summed E-state index contributed by atoms with van der Waals surface area (Å²) in [6.45, 7) is 0.136. The van der Waals surface area contributed by atoms with Crippen LogP contribution in [0.3, 0.4) is 0 Å². The molecule has 0 radical (unpaired) electrons. The van der Waals surface area contributed by atoms with Gasteiger partial charge < -0.3 is 26.0 Å². The van der Waals surface area contributed by atoms with Gasteiger partial charge in [-0.25, -0.2) is 8.78 Å². The maximum absolute atomic E-state index is 13.6. The largest absolute Gasteiger partial charge is 0.370 e. The normalized spacial score (nSPS) is 17.8. The summed E-state index contributed by atoms with van der Waals surface area (Å²) < 4.78 is 32.1. The summed E-state index contributed by atoms with van der Waals surface area (Å²) >= 11 is 0. The molecular weight excluding hydrogens is 390 g/mol. The highest BCUT2D eigenvalue weighted by Gasteiger charge is 2.35. The highest BCUT2D eigenvalue weighted by atomic mass is 19.3. The van der Waals surface area contributed by atoms with Crippen LogP contribution in [0.25, 0.3) is 0 Å². The summed E-state index contributed by atoms with van der Waals surface area (Å²) in [6, 6.07) is 1.99. The number of nitrogens with one attached hydrogen (secondary N) is 2. The van der Waals surface area contributed by atoms with E-state index in [-0.39, 0.29) is 37.1 Å². The van der Waals surface area contributed by atoms with Crippen LogP contribution in [0.5, 0.6) is 0 Å². The first kappa shape index (κ1) is 20.6. The predicted molar refractivity (Wildman–Crippen MR) is 97.0 cm³/mol. The van der Waals surface area contributed by atoms with Crippen molar-refractivity contribution in [1.29, 1.82) is 0 Å². The molecule has 2 fully saturated rings. The van der Waals surface area contributed by atoms with Crippen molar-refractivity contribution in [2.75, 3.05) is 30.0 Å². The lowest BCUT2D eigenvalue weighted by Crippen LogP contribution is -2.52. The lowest BCUT2D eigenvalue weighted by molar-refractivity contribution is -0.133. The molecule has 1 saturated heterocycles. The van der Waals surface area contributed by atoms with Gasteiger partial charge in [0.2, 0.25) is 11.8 Å². The number of primary amides is 1. The standard InChI is InChI=1S/C18H20F2N4O5/c19-15(20)11-7-10(3-4-12(11)24-5-6-29-8-13(24)25)22-18(28)14(16(21)26)23-17(27)9-1-2-9/h3-4,7,9,14-15H,1-2,5-6,8H2,(H2,21,26)(H,22,28)(H,23,27)/t14-/m0/s1. The Morgan fingerprint density at radius 2 is 1.97 bits per heavy atom. The number of nitrogens with zero attached hydrogens (tertiary/aromatic N) is 1. The van der Waals surface area contributed by atoms with Crippen molar-refractivity contribution in [3.8, 4) is 0 Å². The molecule has 3 rings (SSSR count). The summed E-state index contributed by atoms with van der Waals surface area (Å²) in [7, 11) is 0. The zero-order chi connectivity index (χ0) is 21.1. The Balaban J connectivity index is 1.78. The number of morpholine rings is 1. The van der Waals surface area contributed by atoms with Crippen LogP contribution in [0.1, 0.15) is 24.8 Å². The Morgan fingerprint density at radius 3 is 2.55 bits per heavy atom. The summed E-state index contributed by atoms with van der Waals surface area (Å²) in [6.07, 6.45) is -1.59. The van der Waals surface area contributed by atoms with Crippen LogP contribution in [0.2, 0.25) is 0 Å². The number of ether oxygens (including phenoxy) is 1. The van der Waals surface area contributed by atoms with E-state index in [9.17, 15) is 28.0 Å². The van der Waals surface area contributed by atoms with E-state index >= 15 is 0 Å². The second kappa shape index (κ2) is 8.52. The average molecular weight is 410 g/mol. The van der Waals surface area contributed by atoms with Crippen LogP contribution in [0.15, 0.2) is 18.2 Å². The molecule has 11 heteroatoms. The molecule has 1 heterocycles. The van der Waals surface area contributed by atoms with Crippen molar-refractivity contribution in [3.05, 3.63) is 23.8 Å². The molecular formula is C18H20F2N4O5. The molecule has 0 aromatic heterocycles. The van der Waals surface area contributed by atoms with Crippen molar-refractivity contribution in [2.24, 2.45) is 11.7 Å². The third kappa shape index (κ3) is 4.86. The number of hydrogen-bond donors (Lipinski definition) is 3. The van der Waals surface area contributed by atoms with Gasteiger partial charge in [-0.15, -0.1) is 0 Å². The second-order valence-corrected chi connectivity index (χ2v) is 6.78. The Bertz CT molecular complexity index is 844. The molecule has 2 aliphatic rings. The summed E-state index contributed by atoms with van der Waals surface area (Å²) in [5.74, 6) is -3.17. The number of rotatable bonds is 7. The molecule has 1 saturated carbocycles. The molecule has 0 spiro atoms. The number of carbonyl (C=O) groups is 4. The molecule has 1 atom stereocenters. The van der Waals surface area contributed by atoms with E-state index in [0.717, 1.165) is 6.07 Å². The Kier molecular flexibility index (Phi) is 6.06. The zero-order valence-electron chi connectivity index (χ0n) is 15.3. The topological polar surface area (TPSA) is 131 Å². The van der Waals surface area contributed by atoms with Crippen LogP contribution in [0.4, 0.5) is 20.2 Å². The number of benzene rings is 1. The molecule has 1 aromatic rings. The summed E-state index contributed by atoms with van der Waals surface area (Å²) in [4.78, 5) is 48.9. The van der Waals surface area contributed by atoms with Crippen molar-refractivity contribution in [3.63, 3.8) is 0 Å². The van der Waals surface area contributed by atoms with E-state index in [1.165, 1.54) is 17.0 Å². The lowest BCUT2D eigenvalue weighted by atomic mass is 10.1. The maximum Gasteiger partial charge on any atom is 0.265 e. The highest BCUT2D eigenvalue weighted by molar-refractivity contribution is 6.11. The molecule has 1 aromatic carbocycles. The van der Waals surface area contributed by atoms with Gasteiger partial charge in [0.05, 0.1) is 12.3 Å². The van der Waals surface area contributed by atoms with Gasteiger partial charge in [0.25, 0.3) is 18.2 Å². The minimum Gasteiger partial charge on any atom is -0.370 e. The fraction of sp³-hybridized carbons (Fsp3) is 0.444. The zero-order valence-corrected chi connectivity index (χ0v) is 15.3. The third-order valence-electron chi connectivity index (χ3n) is 4.59. The van der Waals surface area contributed by atoms with Gasteiger partial charge in [0.1, 0.15) is 6.61 Å². The number of nitrogens with two attached hydrogens (primary N) is 1. The number of carbonyl (C=O) groups excluding carboxylic acids is 4. The number of hydrogen-bond acceptors (Lipinski definition) is 5. The van der Waals surface area contributed by atoms with Crippen molar-refractivity contribution in [1.82, 2.24) is 5.32 Å².